The fourth-order valence-corrected chi connectivity index (χ4v) is 9.82. The molecule has 16 N–H and O–H groups in total. The largest absolute Gasteiger partial charge is 1.00 e. The molecule has 0 aliphatic heterocycles. The van der Waals surface area contributed by atoms with Crippen molar-refractivity contribution in [3.8, 4) is 0 Å². The monoisotopic (exact) mass is 1290 g/mol. The number of amides is 2. The van der Waals surface area contributed by atoms with Crippen LogP contribution in [0.1, 0.15) is 182 Å². The molecular weight excluding hydrogens is 1210 g/mol. The van der Waals surface area contributed by atoms with E-state index in [9.17, 15) is 28.8 Å². The predicted molar refractivity (Wildman–Crippen MR) is 342 cm³/mol. The normalized spacial score (nSPS) is 12.7. The molecule has 3 heterocycles. The summed E-state index contributed by atoms with van der Waals surface area (Å²) in [7, 11) is 0. The van der Waals surface area contributed by atoms with Gasteiger partial charge in [0, 0.05) is 115 Å². The Morgan fingerprint density at radius 2 is 0.831 bits per heavy atom. The van der Waals surface area contributed by atoms with Gasteiger partial charge >= 0.3 is 18.9 Å². The van der Waals surface area contributed by atoms with Crippen molar-refractivity contribution in [2.75, 3.05) is 36.8 Å². The summed E-state index contributed by atoms with van der Waals surface area (Å²) in [6.07, 6.45) is 10.0. The minimum absolute atomic E-state index is 0. The zero-order chi connectivity index (χ0) is 64.5. The number of nitrogens with one attached hydrogen (secondary N) is 5. The number of unbranched alkanes of at least 4 members (excludes halogenated alkanes) is 1. The quantitative estimate of drug-likeness (QED) is 0.00775. The molecule has 0 aliphatic carbocycles. The Morgan fingerprint density at radius 1 is 0.517 bits per heavy atom. The Kier molecular flexibility index (Phi) is 34.6. The molecule has 0 fully saturated rings. The van der Waals surface area contributed by atoms with Crippen LogP contribution in [-0.4, -0.2) is 88.2 Å². The fourth-order valence-electron chi connectivity index (χ4n) is 9.12. The molecule has 0 bridgehead atoms. The minimum Gasteiger partial charge on any atom is -0.542 e. The van der Waals surface area contributed by atoms with Crippen LogP contribution < -0.4 is 68.4 Å². The van der Waals surface area contributed by atoms with Crippen molar-refractivity contribution in [2.24, 2.45) is 5.73 Å². The second-order valence-corrected chi connectivity index (χ2v) is 21.8. The van der Waals surface area contributed by atoms with Crippen LogP contribution in [0.5, 0.6) is 0 Å². The molecular formula is C63H80Cl3F3LiN12O7+. The topological polar surface area (TPSA) is 338 Å². The molecule has 2 amide bonds. The number of rotatable bonds is 29. The van der Waals surface area contributed by atoms with Gasteiger partial charge in [-0.1, -0.05) is 94.0 Å². The third kappa shape index (κ3) is 23.2. The first-order valence-corrected chi connectivity index (χ1v) is 29.7. The number of nitrogens with two attached hydrogens (primary N) is 4. The maximum atomic E-state index is 15.4. The SMILES string of the molecule is CCCCNC(=O)C[C@H](C)N[C@H](CC)c1ccc(Cl)c(C(=O)c2ccc(N)nc2)c1F.CC[C@@H](NC(C)C[C-]=O)c1ccc(Cl)c(C(=O)c2ccc(N)nc2)c1F.CC[C@@H](N[C@@H](C)CC(=O)NCCN)c1ccc(Cl)c(C(=O)c2ccc(N)nc2)c1F.[Li+].[OH3+]. The number of hydrogen-bond acceptors (Lipinski definition) is 16. The Labute approximate surface area is 545 Å². The van der Waals surface area contributed by atoms with E-state index in [1.54, 1.807) is 18.2 Å². The second-order valence-electron chi connectivity index (χ2n) is 20.6. The molecule has 6 rings (SSSR count). The summed E-state index contributed by atoms with van der Waals surface area (Å²) in [4.78, 5) is 84.6. The van der Waals surface area contributed by atoms with Crippen LogP contribution in [0.3, 0.4) is 0 Å². The summed E-state index contributed by atoms with van der Waals surface area (Å²) >= 11 is 18.4. The van der Waals surface area contributed by atoms with Gasteiger partial charge in [0.15, 0.2) is 17.3 Å². The third-order valence-electron chi connectivity index (χ3n) is 13.7. The molecule has 0 aliphatic rings. The number of nitrogens with zero attached hydrogens (tertiary/aromatic N) is 3. The zero-order valence-corrected chi connectivity index (χ0v) is 53.6. The maximum Gasteiger partial charge on any atom is 1.00 e. The van der Waals surface area contributed by atoms with E-state index in [0.717, 1.165) is 12.8 Å². The number of nitrogen functional groups attached to an aromatic ring is 3. The smallest absolute Gasteiger partial charge is 0.542 e. The van der Waals surface area contributed by atoms with Gasteiger partial charge in [-0.3, -0.25) is 30.3 Å². The van der Waals surface area contributed by atoms with Gasteiger partial charge in [-0.05, 0) is 100 Å². The van der Waals surface area contributed by atoms with Gasteiger partial charge in [-0.25, -0.2) is 28.1 Å². The van der Waals surface area contributed by atoms with Crippen molar-refractivity contribution < 1.29 is 66.3 Å². The molecule has 19 nitrogen and oxygen atoms in total. The van der Waals surface area contributed by atoms with Gasteiger partial charge in [0.2, 0.25) is 11.8 Å². The van der Waals surface area contributed by atoms with E-state index in [1.165, 1.54) is 73.2 Å². The molecule has 0 radical (unpaired) electrons. The number of anilines is 3. The van der Waals surface area contributed by atoms with E-state index in [2.05, 4.69) is 48.5 Å². The Bertz CT molecular complexity index is 3290. The van der Waals surface area contributed by atoms with E-state index in [4.69, 9.17) is 57.7 Å². The molecule has 1 unspecified atom stereocenters. The van der Waals surface area contributed by atoms with Crippen LogP contribution in [0.15, 0.2) is 91.4 Å². The number of halogens is 6. The standard InChI is InChI=1S/C23H30ClFN4O2.C21H27ClFN5O2.C19H20ClFN3O2.Li.H2O/c1-4-6-11-27-20(30)12-14(3)29-18(5-2)16-8-9-17(24)21(22(16)25)23(31)15-7-10-19(26)28-13-15;1-3-16(28-12(2)10-18(29)26-9-8-24)14-5-6-15(22)19(20(14)23)21(30)13-4-7-17(25)27-11-13;1-3-15(24-11(2)8-9-25)13-5-6-14(20)17(18(13)21)19(26)12-4-7-16(22)23-10-12;;/h7-10,13-14,18,29H,4-6,11-12H2,1-3H3,(H2,26,28)(H,27,30);4-7,11-12,16,28H,3,8-10,24H2,1-2H3,(H2,25,27)(H,26,29);4-7,10-11,15,24H,3,8H2,1-2H3,(H2,22,23);;1H2/q;;-1;+1;/p+1/t14-,18+;12-,16+;11?,15-;;/m001../s1. The summed E-state index contributed by atoms with van der Waals surface area (Å²) in [5.74, 6) is -3.15. The molecule has 6 aromatic rings. The van der Waals surface area contributed by atoms with E-state index >= 15 is 13.2 Å². The molecule has 89 heavy (non-hydrogen) atoms. The summed E-state index contributed by atoms with van der Waals surface area (Å²) in [6, 6.07) is 16.3. The van der Waals surface area contributed by atoms with Gasteiger partial charge in [0.05, 0.1) is 31.8 Å². The third-order valence-corrected chi connectivity index (χ3v) is 14.6. The van der Waals surface area contributed by atoms with Gasteiger partial charge in [-0.2, -0.15) is 0 Å². The second kappa shape index (κ2) is 39.3. The summed E-state index contributed by atoms with van der Waals surface area (Å²) in [6.45, 7) is 14.7. The summed E-state index contributed by atoms with van der Waals surface area (Å²) in [5.41, 5.74) is 22.9. The van der Waals surface area contributed by atoms with Crippen molar-refractivity contribution in [3.05, 3.63) is 174 Å². The van der Waals surface area contributed by atoms with Crippen LogP contribution in [-0.2, 0) is 19.9 Å². The number of pyridine rings is 3. The average molecular weight is 1290 g/mol. The molecule has 476 valence electrons. The molecule has 0 saturated heterocycles. The number of benzene rings is 3. The van der Waals surface area contributed by atoms with Gasteiger partial charge in [0.1, 0.15) is 34.9 Å². The Morgan fingerprint density at radius 3 is 1.10 bits per heavy atom. The van der Waals surface area contributed by atoms with E-state index < -0.39 is 40.8 Å². The number of ketones is 3. The first-order valence-electron chi connectivity index (χ1n) is 28.5. The maximum absolute atomic E-state index is 15.4. The van der Waals surface area contributed by atoms with Crippen molar-refractivity contribution in [1.82, 2.24) is 41.5 Å². The average Bonchev–Trinajstić information content (AvgIpc) is 3.58. The van der Waals surface area contributed by atoms with Crippen molar-refractivity contribution >= 4 is 87.7 Å². The first-order chi connectivity index (χ1) is 41.4. The molecule has 0 spiro atoms. The number of carbonyl (C=O) groups excluding carboxylic acids is 6. The van der Waals surface area contributed by atoms with Crippen molar-refractivity contribution in [2.45, 2.75) is 136 Å². The van der Waals surface area contributed by atoms with Gasteiger partial charge < -0.3 is 59.8 Å². The number of hydrogen-bond donors (Lipinski definition) is 9. The molecule has 3 aromatic heterocycles. The van der Waals surface area contributed by atoms with E-state index in [0.29, 0.717) is 55.6 Å². The van der Waals surface area contributed by atoms with Crippen LogP contribution in [0.25, 0.3) is 0 Å². The molecule has 0 saturated carbocycles. The minimum atomic E-state index is -0.691. The molecule has 26 heteroatoms. The zero-order valence-electron chi connectivity index (χ0n) is 51.3. The fraction of sp³-hybridized carbons (Fsp3) is 0.381. The van der Waals surface area contributed by atoms with E-state index in [1.807, 2.05) is 47.8 Å². The number of carbonyl (C=O) groups is 5. The summed E-state index contributed by atoms with van der Waals surface area (Å²) in [5, 5.41) is 15.4. The molecule has 6 atom stereocenters. The Balaban J connectivity index is 0.000000452. The van der Waals surface area contributed by atoms with E-state index in [-0.39, 0.29) is 152 Å². The van der Waals surface area contributed by atoms with Crippen molar-refractivity contribution in [1.29, 1.82) is 0 Å². The van der Waals surface area contributed by atoms with Crippen LogP contribution >= 0.6 is 34.8 Å². The number of aromatic nitrogens is 3. The predicted octanol–water partition coefficient (Wildman–Crippen LogP) is 6.70. The van der Waals surface area contributed by atoms with Crippen LogP contribution in [0.4, 0.5) is 30.6 Å². The summed E-state index contributed by atoms with van der Waals surface area (Å²) < 4.78 is 46.0. The van der Waals surface area contributed by atoms with Crippen LogP contribution in [0.2, 0.25) is 15.1 Å². The molecule has 3 aromatic carbocycles. The van der Waals surface area contributed by atoms with Crippen LogP contribution in [0, 0.1) is 17.5 Å². The van der Waals surface area contributed by atoms with Gasteiger partial charge in [-0.15, -0.1) is 6.42 Å². The Hall–Kier alpha value is -6.81. The van der Waals surface area contributed by atoms with Gasteiger partial charge in [0.25, 0.3) is 0 Å². The van der Waals surface area contributed by atoms with Crippen molar-refractivity contribution in [3.63, 3.8) is 0 Å². The first kappa shape index (κ1) is 78.3.